The molecule has 1 N–H and O–H groups in total. The molecule has 2 unspecified atom stereocenters. The Bertz CT molecular complexity index is 539. The zero-order valence-corrected chi connectivity index (χ0v) is 12.5. The minimum Gasteiger partial charge on any atom is -0.490 e. The Hall–Kier alpha value is -2.00. The number of benzene rings is 2. The molecule has 3 nitrogen and oxygen atoms in total. The summed E-state index contributed by atoms with van der Waals surface area (Å²) in [6.07, 6.45) is -0.267. The van der Waals surface area contributed by atoms with Crippen LogP contribution >= 0.6 is 0 Å². The average Bonchev–Trinajstić information content (AvgIpc) is 2.54. The molecule has 0 saturated carbocycles. The monoisotopic (exact) mass is 286 g/mol. The number of aliphatic hydroxyl groups is 1. The molecule has 0 heterocycles. The molecule has 0 aliphatic rings. The maximum absolute atomic E-state index is 10.5. The second kappa shape index (κ2) is 7.70. The largest absolute Gasteiger partial charge is 0.490 e. The first-order chi connectivity index (χ1) is 10.3. The Morgan fingerprint density at radius 1 is 0.905 bits per heavy atom. The number of ether oxygens (including phenoxy) is 2. The van der Waals surface area contributed by atoms with E-state index in [4.69, 9.17) is 9.47 Å². The summed E-state index contributed by atoms with van der Waals surface area (Å²) >= 11 is 0. The maximum atomic E-state index is 10.5. The van der Waals surface area contributed by atoms with E-state index in [1.807, 2.05) is 68.4 Å². The zero-order chi connectivity index (χ0) is 15.1. The molecule has 0 bridgehead atoms. The topological polar surface area (TPSA) is 38.7 Å². The quantitative estimate of drug-likeness (QED) is 0.837. The second-order valence-electron chi connectivity index (χ2n) is 4.80. The summed E-state index contributed by atoms with van der Waals surface area (Å²) in [7, 11) is 0. The van der Waals surface area contributed by atoms with Gasteiger partial charge in [0.15, 0.2) is 11.5 Å². The van der Waals surface area contributed by atoms with Crippen molar-refractivity contribution in [3.63, 3.8) is 0 Å². The molecule has 0 aromatic heterocycles. The van der Waals surface area contributed by atoms with Crippen LogP contribution in [0.2, 0.25) is 0 Å². The van der Waals surface area contributed by atoms with E-state index >= 15 is 0 Å². The molecule has 0 aliphatic heterocycles. The molecule has 21 heavy (non-hydrogen) atoms. The van der Waals surface area contributed by atoms with Crippen LogP contribution in [0.1, 0.15) is 31.9 Å². The van der Waals surface area contributed by atoms with Crippen molar-refractivity contribution in [1.82, 2.24) is 0 Å². The van der Waals surface area contributed by atoms with Gasteiger partial charge in [-0.3, -0.25) is 0 Å². The highest BCUT2D eigenvalue weighted by atomic mass is 16.5. The lowest BCUT2D eigenvalue weighted by Crippen LogP contribution is -2.24. The third-order valence-electron chi connectivity index (χ3n) is 3.32. The van der Waals surface area contributed by atoms with Crippen molar-refractivity contribution in [1.29, 1.82) is 0 Å². The van der Waals surface area contributed by atoms with Gasteiger partial charge in [-0.25, -0.2) is 0 Å². The number of hydrogen-bond donors (Lipinski definition) is 1. The third-order valence-corrected chi connectivity index (χ3v) is 3.32. The molecule has 3 heteroatoms. The van der Waals surface area contributed by atoms with Crippen LogP contribution in [0.5, 0.6) is 11.5 Å². The van der Waals surface area contributed by atoms with Crippen LogP contribution in [0.3, 0.4) is 0 Å². The molecule has 0 radical (unpaired) electrons. The van der Waals surface area contributed by atoms with Gasteiger partial charge < -0.3 is 14.6 Å². The van der Waals surface area contributed by atoms with E-state index in [1.54, 1.807) is 0 Å². The van der Waals surface area contributed by atoms with E-state index in [0.29, 0.717) is 24.5 Å². The molecule has 0 aliphatic carbocycles. The summed E-state index contributed by atoms with van der Waals surface area (Å²) < 4.78 is 11.5. The van der Waals surface area contributed by atoms with E-state index in [9.17, 15) is 5.11 Å². The number of hydrogen-bond acceptors (Lipinski definition) is 3. The first-order valence-corrected chi connectivity index (χ1v) is 7.37. The van der Waals surface area contributed by atoms with Gasteiger partial charge in [-0.1, -0.05) is 49.4 Å². The molecule has 112 valence electrons. The van der Waals surface area contributed by atoms with Gasteiger partial charge >= 0.3 is 0 Å². The summed E-state index contributed by atoms with van der Waals surface area (Å²) in [5.74, 6) is 1.37. The number of aliphatic hydroxyl groups excluding tert-OH is 1. The van der Waals surface area contributed by atoms with Gasteiger partial charge in [0.2, 0.25) is 0 Å². The van der Waals surface area contributed by atoms with Gasteiger partial charge in [-0.15, -0.1) is 0 Å². The van der Waals surface area contributed by atoms with Crippen molar-refractivity contribution in [2.24, 2.45) is 0 Å². The highest BCUT2D eigenvalue weighted by molar-refractivity contribution is 5.39. The van der Waals surface area contributed by atoms with Gasteiger partial charge in [-0.2, -0.15) is 0 Å². The molecule has 2 aromatic rings. The van der Waals surface area contributed by atoms with E-state index in [0.717, 1.165) is 5.56 Å². The lowest BCUT2D eigenvalue weighted by atomic mass is 10.0. The molecular formula is C18H22O3. The van der Waals surface area contributed by atoms with E-state index in [2.05, 4.69) is 0 Å². The summed E-state index contributed by atoms with van der Waals surface area (Å²) in [4.78, 5) is 0. The van der Waals surface area contributed by atoms with Crippen molar-refractivity contribution >= 4 is 0 Å². The standard InChI is InChI=1S/C18H22O3/c1-3-15(18(19)14-10-6-5-7-11-14)21-17-13-9-8-12-16(17)20-4-2/h5-13,15,18-19H,3-4H2,1-2H3. The molecule has 2 aromatic carbocycles. The van der Waals surface area contributed by atoms with Crippen LogP contribution in [0, 0.1) is 0 Å². The third kappa shape index (κ3) is 3.99. The van der Waals surface area contributed by atoms with Crippen LogP contribution in [0.15, 0.2) is 54.6 Å². The van der Waals surface area contributed by atoms with Crippen LogP contribution in [-0.4, -0.2) is 17.8 Å². The van der Waals surface area contributed by atoms with Crippen LogP contribution < -0.4 is 9.47 Å². The first-order valence-electron chi connectivity index (χ1n) is 7.37. The zero-order valence-electron chi connectivity index (χ0n) is 12.5. The Kier molecular flexibility index (Phi) is 5.64. The van der Waals surface area contributed by atoms with Gasteiger partial charge in [0, 0.05) is 0 Å². The molecule has 0 saturated heterocycles. The normalized spacial score (nSPS) is 13.5. The van der Waals surface area contributed by atoms with Gasteiger partial charge in [-0.05, 0) is 31.0 Å². The maximum Gasteiger partial charge on any atom is 0.161 e. The lowest BCUT2D eigenvalue weighted by molar-refractivity contribution is 0.0313. The van der Waals surface area contributed by atoms with Crippen molar-refractivity contribution in [3.8, 4) is 11.5 Å². The fraction of sp³-hybridized carbons (Fsp3) is 0.333. The van der Waals surface area contributed by atoms with Crippen LogP contribution in [0.25, 0.3) is 0 Å². The smallest absolute Gasteiger partial charge is 0.161 e. The van der Waals surface area contributed by atoms with Crippen molar-refractivity contribution in [2.45, 2.75) is 32.5 Å². The fourth-order valence-corrected chi connectivity index (χ4v) is 2.22. The summed E-state index contributed by atoms with van der Waals surface area (Å²) in [5, 5.41) is 10.5. The molecule has 0 fully saturated rings. The summed E-state index contributed by atoms with van der Waals surface area (Å²) in [6.45, 7) is 4.52. The van der Waals surface area contributed by atoms with E-state index in [-0.39, 0.29) is 6.10 Å². The predicted molar refractivity (Wildman–Crippen MR) is 83.7 cm³/mol. The first kappa shape index (κ1) is 15.4. The highest BCUT2D eigenvalue weighted by Gasteiger charge is 2.22. The van der Waals surface area contributed by atoms with E-state index in [1.165, 1.54) is 0 Å². The Labute approximate surface area is 126 Å². The van der Waals surface area contributed by atoms with E-state index < -0.39 is 6.10 Å². The Balaban J connectivity index is 2.16. The number of rotatable bonds is 7. The predicted octanol–water partition coefficient (Wildman–Crippen LogP) is 3.98. The lowest BCUT2D eigenvalue weighted by Gasteiger charge is -2.24. The minimum absolute atomic E-state index is 0.311. The Morgan fingerprint density at radius 2 is 1.52 bits per heavy atom. The van der Waals surface area contributed by atoms with Gasteiger partial charge in [0.05, 0.1) is 6.61 Å². The molecule has 2 atom stereocenters. The molecule has 0 amide bonds. The minimum atomic E-state index is -0.661. The summed E-state index contributed by atoms with van der Waals surface area (Å²) in [5.41, 5.74) is 0.859. The van der Waals surface area contributed by atoms with Gasteiger partial charge in [0.1, 0.15) is 12.2 Å². The molecular weight excluding hydrogens is 264 g/mol. The van der Waals surface area contributed by atoms with Crippen molar-refractivity contribution in [2.75, 3.05) is 6.61 Å². The summed E-state index contributed by atoms with van der Waals surface area (Å²) in [6, 6.07) is 17.1. The molecule has 0 spiro atoms. The van der Waals surface area contributed by atoms with Crippen molar-refractivity contribution < 1.29 is 14.6 Å². The Morgan fingerprint density at radius 3 is 2.14 bits per heavy atom. The average molecular weight is 286 g/mol. The van der Waals surface area contributed by atoms with Crippen LogP contribution in [0.4, 0.5) is 0 Å². The van der Waals surface area contributed by atoms with Gasteiger partial charge in [0.25, 0.3) is 0 Å². The highest BCUT2D eigenvalue weighted by Crippen LogP contribution is 2.31. The second-order valence-corrected chi connectivity index (χ2v) is 4.80. The van der Waals surface area contributed by atoms with Crippen LogP contribution in [-0.2, 0) is 0 Å². The SMILES string of the molecule is CCOc1ccccc1OC(CC)C(O)c1ccccc1. The van der Waals surface area contributed by atoms with Crippen molar-refractivity contribution in [3.05, 3.63) is 60.2 Å². The fourth-order valence-electron chi connectivity index (χ4n) is 2.22. The molecule has 2 rings (SSSR count). The number of para-hydroxylation sites is 2.